The standard InChI is InChI=1S/C16H24N2O/c1-12(17)13-6-8-14(9-7-13)18-15(19)16(2)10-4-3-5-11-16/h6-9,12H,3-5,10-11,17H2,1-2H3,(H,18,19). The van der Waals surface area contributed by atoms with Gasteiger partial charge in [0.05, 0.1) is 0 Å². The molecule has 0 aromatic heterocycles. The zero-order chi connectivity index (χ0) is 13.9. The molecular formula is C16H24N2O. The van der Waals surface area contributed by atoms with Crippen LogP contribution in [0.5, 0.6) is 0 Å². The molecule has 1 aromatic carbocycles. The summed E-state index contributed by atoms with van der Waals surface area (Å²) in [6, 6.07) is 7.85. The minimum Gasteiger partial charge on any atom is -0.326 e. The van der Waals surface area contributed by atoms with Gasteiger partial charge in [0.2, 0.25) is 5.91 Å². The molecule has 1 fully saturated rings. The summed E-state index contributed by atoms with van der Waals surface area (Å²) in [4.78, 5) is 12.4. The van der Waals surface area contributed by atoms with Gasteiger partial charge in [-0.05, 0) is 37.5 Å². The molecule has 1 amide bonds. The molecule has 0 radical (unpaired) electrons. The van der Waals surface area contributed by atoms with Gasteiger partial charge in [-0.1, -0.05) is 38.3 Å². The van der Waals surface area contributed by atoms with Crippen LogP contribution in [0.15, 0.2) is 24.3 Å². The van der Waals surface area contributed by atoms with Crippen molar-refractivity contribution in [3.8, 4) is 0 Å². The largest absolute Gasteiger partial charge is 0.326 e. The molecule has 0 bridgehead atoms. The summed E-state index contributed by atoms with van der Waals surface area (Å²) in [6.07, 6.45) is 5.57. The van der Waals surface area contributed by atoms with Crippen LogP contribution < -0.4 is 11.1 Å². The van der Waals surface area contributed by atoms with Crippen LogP contribution in [0.2, 0.25) is 0 Å². The van der Waals surface area contributed by atoms with E-state index in [1.165, 1.54) is 6.42 Å². The Bertz CT molecular complexity index is 431. The Kier molecular flexibility index (Phi) is 4.25. The predicted molar refractivity (Wildman–Crippen MR) is 78.9 cm³/mol. The van der Waals surface area contributed by atoms with Crippen LogP contribution in [-0.4, -0.2) is 5.91 Å². The van der Waals surface area contributed by atoms with Crippen molar-refractivity contribution in [3.05, 3.63) is 29.8 Å². The van der Waals surface area contributed by atoms with Gasteiger partial charge >= 0.3 is 0 Å². The van der Waals surface area contributed by atoms with E-state index in [9.17, 15) is 4.79 Å². The molecule has 1 atom stereocenters. The monoisotopic (exact) mass is 260 g/mol. The van der Waals surface area contributed by atoms with Crippen molar-refractivity contribution in [2.75, 3.05) is 5.32 Å². The summed E-state index contributed by atoms with van der Waals surface area (Å²) in [5.74, 6) is 0.153. The Labute approximate surface area is 115 Å². The molecule has 1 aliphatic rings. The molecule has 3 nitrogen and oxygen atoms in total. The molecule has 1 saturated carbocycles. The van der Waals surface area contributed by atoms with Crippen LogP contribution in [0.25, 0.3) is 0 Å². The highest BCUT2D eigenvalue weighted by Crippen LogP contribution is 2.36. The third-order valence-electron chi connectivity index (χ3n) is 4.20. The van der Waals surface area contributed by atoms with E-state index in [2.05, 4.69) is 12.2 Å². The number of carbonyl (C=O) groups excluding carboxylic acids is 1. The first-order valence-corrected chi connectivity index (χ1v) is 7.18. The van der Waals surface area contributed by atoms with Crippen LogP contribution in [0.4, 0.5) is 5.69 Å². The van der Waals surface area contributed by atoms with Crippen molar-refractivity contribution in [3.63, 3.8) is 0 Å². The fraction of sp³-hybridized carbons (Fsp3) is 0.562. The second-order valence-corrected chi connectivity index (χ2v) is 5.99. The van der Waals surface area contributed by atoms with Crippen molar-refractivity contribution in [2.24, 2.45) is 11.1 Å². The third kappa shape index (κ3) is 3.35. The van der Waals surface area contributed by atoms with E-state index >= 15 is 0 Å². The molecule has 104 valence electrons. The number of carbonyl (C=O) groups is 1. The van der Waals surface area contributed by atoms with Gasteiger partial charge in [0.15, 0.2) is 0 Å². The van der Waals surface area contributed by atoms with E-state index in [4.69, 9.17) is 5.73 Å². The Hall–Kier alpha value is -1.35. The molecule has 0 heterocycles. The zero-order valence-corrected chi connectivity index (χ0v) is 11.9. The van der Waals surface area contributed by atoms with E-state index in [-0.39, 0.29) is 17.4 Å². The lowest BCUT2D eigenvalue weighted by Gasteiger charge is -2.32. The average Bonchev–Trinajstić information content (AvgIpc) is 2.40. The maximum Gasteiger partial charge on any atom is 0.230 e. The normalized spacial score (nSPS) is 19.7. The predicted octanol–water partition coefficient (Wildman–Crippen LogP) is 3.62. The van der Waals surface area contributed by atoms with E-state index in [0.717, 1.165) is 36.9 Å². The SMILES string of the molecule is CC(N)c1ccc(NC(=O)C2(C)CCCCC2)cc1. The van der Waals surface area contributed by atoms with Gasteiger partial charge in [-0.25, -0.2) is 0 Å². The molecule has 19 heavy (non-hydrogen) atoms. The van der Waals surface area contributed by atoms with Gasteiger partial charge in [-0.3, -0.25) is 4.79 Å². The maximum atomic E-state index is 12.4. The van der Waals surface area contributed by atoms with Crippen LogP contribution in [0, 0.1) is 5.41 Å². The van der Waals surface area contributed by atoms with E-state index in [0.29, 0.717) is 0 Å². The fourth-order valence-electron chi connectivity index (χ4n) is 2.71. The molecule has 0 spiro atoms. The van der Waals surface area contributed by atoms with Gasteiger partial charge < -0.3 is 11.1 Å². The number of hydrogen-bond donors (Lipinski definition) is 2. The number of nitrogens with two attached hydrogens (primary N) is 1. The summed E-state index contributed by atoms with van der Waals surface area (Å²) in [5, 5.41) is 3.04. The topological polar surface area (TPSA) is 55.1 Å². The second-order valence-electron chi connectivity index (χ2n) is 5.99. The van der Waals surface area contributed by atoms with E-state index < -0.39 is 0 Å². The molecular weight excluding hydrogens is 236 g/mol. The number of nitrogens with one attached hydrogen (secondary N) is 1. The maximum absolute atomic E-state index is 12.4. The Morgan fingerprint density at radius 3 is 2.32 bits per heavy atom. The highest BCUT2D eigenvalue weighted by molar-refractivity contribution is 5.95. The third-order valence-corrected chi connectivity index (χ3v) is 4.20. The smallest absolute Gasteiger partial charge is 0.230 e. The summed E-state index contributed by atoms with van der Waals surface area (Å²) < 4.78 is 0. The number of benzene rings is 1. The number of rotatable bonds is 3. The van der Waals surface area contributed by atoms with Crippen LogP contribution in [-0.2, 0) is 4.79 Å². The summed E-state index contributed by atoms with van der Waals surface area (Å²) >= 11 is 0. The Morgan fingerprint density at radius 1 is 1.21 bits per heavy atom. The molecule has 3 N–H and O–H groups in total. The quantitative estimate of drug-likeness (QED) is 0.872. The average molecular weight is 260 g/mol. The molecule has 3 heteroatoms. The van der Waals surface area contributed by atoms with Crippen molar-refractivity contribution >= 4 is 11.6 Å². The summed E-state index contributed by atoms with van der Waals surface area (Å²) in [7, 11) is 0. The first-order valence-electron chi connectivity index (χ1n) is 7.18. The van der Waals surface area contributed by atoms with Crippen molar-refractivity contribution < 1.29 is 4.79 Å². The summed E-state index contributed by atoms with van der Waals surface area (Å²) in [6.45, 7) is 4.04. The van der Waals surface area contributed by atoms with E-state index in [1.54, 1.807) is 0 Å². The fourth-order valence-corrected chi connectivity index (χ4v) is 2.71. The zero-order valence-electron chi connectivity index (χ0n) is 11.9. The van der Waals surface area contributed by atoms with Gasteiger partial charge in [-0.2, -0.15) is 0 Å². The van der Waals surface area contributed by atoms with Crippen molar-refractivity contribution in [1.29, 1.82) is 0 Å². The molecule has 1 aliphatic carbocycles. The van der Waals surface area contributed by atoms with Gasteiger partial charge in [0, 0.05) is 17.1 Å². The van der Waals surface area contributed by atoms with Crippen LogP contribution in [0.3, 0.4) is 0 Å². The molecule has 2 rings (SSSR count). The van der Waals surface area contributed by atoms with Crippen LogP contribution in [0.1, 0.15) is 57.6 Å². The Balaban J connectivity index is 2.02. The van der Waals surface area contributed by atoms with Gasteiger partial charge in [-0.15, -0.1) is 0 Å². The van der Waals surface area contributed by atoms with Crippen molar-refractivity contribution in [1.82, 2.24) is 0 Å². The highest BCUT2D eigenvalue weighted by Gasteiger charge is 2.34. The van der Waals surface area contributed by atoms with Crippen molar-refractivity contribution in [2.45, 2.75) is 52.0 Å². The van der Waals surface area contributed by atoms with Gasteiger partial charge in [0.25, 0.3) is 0 Å². The van der Waals surface area contributed by atoms with Crippen LogP contribution >= 0.6 is 0 Å². The second kappa shape index (κ2) is 5.74. The van der Waals surface area contributed by atoms with Gasteiger partial charge in [0.1, 0.15) is 0 Å². The highest BCUT2D eigenvalue weighted by atomic mass is 16.2. The molecule has 0 aliphatic heterocycles. The molecule has 1 aromatic rings. The lowest BCUT2D eigenvalue weighted by Crippen LogP contribution is -2.35. The minimum atomic E-state index is -0.196. The summed E-state index contributed by atoms with van der Waals surface area (Å²) in [5.41, 5.74) is 7.57. The minimum absolute atomic E-state index is 0.0283. The lowest BCUT2D eigenvalue weighted by molar-refractivity contribution is -0.126. The Morgan fingerprint density at radius 2 is 1.79 bits per heavy atom. The number of amides is 1. The lowest BCUT2D eigenvalue weighted by atomic mass is 9.75. The first-order chi connectivity index (χ1) is 9.01. The molecule has 0 saturated heterocycles. The number of anilines is 1. The van der Waals surface area contributed by atoms with E-state index in [1.807, 2.05) is 31.2 Å². The molecule has 1 unspecified atom stereocenters. The first kappa shape index (κ1) is 14.1. The number of hydrogen-bond acceptors (Lipinski definition) is 2.